The predicted octanol–water partition coefficient (Wildman–Crippen LogP) is 2.14. The first-order valence-corrected chi connectivity index (χ1v) is 5.00. The van der Waals surface area contributed by atoms with Crippen molar-refractivity contribution in [1.82, 2.24) is 0 Å². The van der Waals surface area contributed by atoms with E-state index in [-0.39, 0.29) is 12.1 Å². The zero-order valence-electron chi connectivity index (χ0n) is 8.25. The van der Waals surface area contributed by atoms with Crippen LogP contribution in [-0.2, 0) is 4.74 Å². The van der Waals surface area contributed by atoms with E-state index in [9.17, 15) is 8.78 Å². The first kappa shape index (κ1) is 10.5. The van der Waals surface area contributed by atoms with Crippen LogP contribution in [0.1, 0.15) is 24.5 Å². The maximum Gasteiger partial charge on any atom is 0.159 e. The molecule has 0 amide bonds. The van der Waals surface area contributed by atoms with Gasteiger partial charge in [-0.2, -0.15) is 0 Å². The molecule has 1 fully saturated rings. The van der Waals surface area contributed by atoms with Crippen molar-refractivity contribution in [2.24, 2.45) is 5.73 Å². The van der Waals surface area contributed by atoms with E-state index in [0.717, 1.165) is 25.0 Å². The van der Waals surface area contributed by atoms with Crippen molar-refractivity contribution < 1.29 is 13.5 Å². The minimum Gasteiger partial charge on any atom is -0.372 e. The molecule has 2 atom stereocenters. The van der Waals surface area contributed by atoms with E-state index in [1.807, 2.05) is 0 Å². The molecule has 15 heavy (non-hydrogen) atoms. The normalized spacial score (nSPS) is 26.6. The van der Waals surface area contributed by atoms with Crippen molar-refractivity contribution in [3.05, 3.63) is 35.4 Å². The fourth-order valence-electron chi connectivity index (χ4n) is 1.84. The topological polar surface area (TPSA) is 35.2 Å². The number of rotatable bonds is 1. The van der Waals surface area contributed by atoms with Gasteiger partial charge in [-0.05, 0) is 30.5 Å². The first-order valence-electron chi connectivity index (χ1n) is 5.00. The van der Waals surface area contributed by atoms with Gasteiger partial charge in [0.05, 0.1) is 6.10 Å². The van der Waals surface area contributed by atoms with Crippen LogP contribution in [-0.4, -0.2) is 12.6 Å². The lowest BCUT2D eigenvalue weighted by Crippen LogP contribution is -2.34. The smallest absolute Gasteiger partial charge is 0.159 e. The lowest BCUT2D eigenvalue weighted by Gasteiger charge is -2.29. The highest BCUT2D eigenvalue weighted by Crippen LogP contribution is 2.27. The van der Waals surface area contributed by atoms with Crippen LogP contribution >= 0.6 is 0 Å². The third-order valence-corrected chi connectivity index (χ3v) is 2.64. The Labute approximate surface area is 87.0 Å². The van der Waals surface area contributed by atoms with Crippen molar-refractivity contribution in [1.29, 1.82) is 0 Å². The number of ether oxygens (including phenoxy) is 1. The highest BCUT2D eigenvalue weighted by molar-refractivity contribution is 5.21. The molecule has 0 saturated carbocycles. The van der Waals surface area contributed by atoms with Crippen molar-refractivity contribution >= 4 is 0 Å². The van der Waals surface area contributed by atoms with Crippen LogP contribution in [0.25, 0.3) is 0 Å². The summed E-state index contributed by atoms with van der Waals surface area (Å²) >= 11 is 0. The van der Waals surface area contributed by atoms with Gasteiger partial charge in [-0.15, -0.1) is 0 Å². The molecule has 1 aliphatic rings. The molecule has 2 rings (SSSR count). The van der Waals surface area contributed by atoms with Crippen molar-refractivity contribution in [3.63, 3.8) is 0 Å². The van der Waals surface area contributed by atoms with Crippen LogP contribution < -0.4 is 5.73 Å². The summed E-state index contributed by atoms with van der Waals surface area (Å²) in [5.41, 5.74) is 6.47. The zero-order valence-corrected chi connectivity index (χ0v) is 8.25. The quantitative estimate of drug-likeness (QED) is 0.775. The van der Waals surface area contributed by atoms with E-state index in [4.69, 9.17) is 10.5 Å². The van der Waals surface area contributed by atoms with E-state index in [0.29, 0.717) is 12.2 Å². The highest BCUT2D eigenvalue weighted by atomic mass is 19.2. The molecule has 1 aromatic carbocycles. The minimum absolute atomic E-state index is 0.136. The fourth-order valence-corrected chi connectivity index (χ4v) is 1.84. The molecule has 1 saturated heterocycles. The highest BCUT2D eigenvalue weighted by Gasteiger charge is 2.24. The second kappa shape index (κ2) is 4.24. The predicted molar refractivity (Wildman–Crippen MR) is 52.3 cm³/mol. The Kier molecular flexibility index (Phi) is 2.98. The van der Waals surface area contributed by atoms with Crippen LogP contribution in [0, 0.1) is 11.6 Å². The number of nitrogens with two attached hydrogens (primary N) is 1. The Hall–Kier alpha value is -1.00. The molecule has 82 valence electrons. The van der Waals surface area contributed by atoms with Gasteiger partial charge in [0.2, 0.25) is 0 Å². The molecule has 2 N–H and O–H groups in total. The van der Waals surface area contributed by atoms with E-state index in [1.54, 1.807) is 0 Å². The third-order valence-electron chi connectivity index (χ3n) is 2.64. The molecular formula is C11H13F2NO. The molecule has 1 heterocycles. The van der Waals surface area contributed by atoms with E-state index in [2.05, 4.69) is 0 Å². The standard InChI is InChI=1S/C11H13F2NO/c12-8-4-3-7(6-9(8)13)11-10(14)2-1-5-15-11/h3-4,6,10-11H,1-2,5,14H2. The van der Waals surface area contributed by atoms with Gasteiger partial charge in [0, 0.05) is 12.6 Å². The number of benzene rings is 1. The maximum absolute atomic E-state index is 13.0. The van der Waals surface area contributed by atoms with E-state index in [1.165, 1.54) is 6.07 Å². The van der Waals surface area contributed by atoms with Gasteiger partial charge in [-0.3, -0.25) is 0 Å². The lowest BCUT2D eigenvalue weighted by atomic mass is 9.97. The second-order valence-electron chi connectivity index (χ2n) is 3.77. The SMILES string of the molecule is NC1CCCOC1c1ccc(F)c(F)c1. The lowest BCUT2D eigenvalue weighted by molar-refractivity contribution is -0.0000720. The molecule has 0 aromatic heterocycles. The molecule has 4 heteroatoms. The molecular weight excluding hydrogens is 200 g/mol. The van der Waals surface area contributed by atoms with Crippen LogP contribution in [0.5, 0.6) is 0 Å². The van der Waals surface area contributed by atoms with Gasteiger partial charge in [0.25, 0.3) is 0 Å². The molecule has 0 bridgehead atoms. The molecule has 1 aliphatic heterocycles. The Balaban J connectivity index is 2.24. The van der Waals surface area contributed by atoms with Gasteiger partial charge in [-0.1, -0.05) is 6.07 Å². The van der Waals surface area contributed by atoms with Crippen LogP contribution in [0.2, 0.25) is 0 Å². The molecule has 0 spiro atoms. The molecule has 0 aliphatic carbocycles. The summed E-state index contributed by atoms with van der Waals surface area (Å²) in [6.45, 7) is 0.622. The van der Waals surface area contributed by atoms with E-state index >= 15 is 0 Å². The summed E-state index contributed by atoms with van der Waals surface area (Å²) in [5.74, 6) is -1.70. The van der Waals surface area contributed by atoms with Gasteiger partial charge in [0.15, 0.2) is 11.6 Å². The molecule has 1 aromatic rings. The summed E-state index contributed by atoms with van der Waals surface area (Å²) in [6, 6.07) is 3.65. The van der Waals surface area contributed by atoms with Gasteiger partial charge >= 0.3 is 0 Å². The van der Waals surface area contributed by atoms with Gasteiger partial charge in [-0.25, -0.2) is 8.78 Å². The molecule has 2 nitrogen and oxygen atoms in total. The monoisotopic (exact) mass is 213 g/mol. The molecule has 2 unspecified atom stereocenters. The molecule has 0 radical (unpaired) electrons. The summed E-state index contributed by atoms with van der Waals surface area (Å²) in [7, 11) is 0. The van der Waals surface area contributed by atoms with Crippen molar-refractivity contribution in [2.45, 2.75) is 25.0 Å². The van der Waals surface area contributed by atoms with Gasteiger partial charge < -0.3 is 10.5 Å². The van der Waals surface area contributed by atoms with Crippen LogP contribution in [0.4, 0.5) is 8.78 Å². The first-order chi connectivity index (χ1) is 7.18. The van der Waals surface area contributed by atoms with Gasteiger partial charge in [0.1, 0.15) is 0 Å². The third kappa shape index (κ3) is 2.16. The van der Waals surface area contributed by atoms with Crippen LogP contribution in [0.15, 0.2) is 18.2 Å². The van der Waals surface area contributed by atoms with Crippen molar-refractivity contribution in [2.75, 3.05) is 6.61 Å². The summed E-state index contributed by atoms with van der Waals surface area (Å²) < 4.78 is 31.2. The maximum atomic E-state index is 13.0. The average Bonchev–Trinajstić information content (AvgIpc) is 2.23. The Bertz CT molecular complexity index is 356. The number of hydrogen-bond acceptors (Lipinski definition) is 2. The largest absolute Gasteiger partial charge is 0.372 e. The number of halogens is 2. The summed E-state index contributed by atoms with van der Waals surface area (Å²) in [5, 5.41) is 0. The zero-order chi connectivity index (χ0) is 10.8. The Morgan fingerprint density at radius 3 is 2.73 bits per heavy atom. The minimum atomic E-state index is -0.853. The van der Waals surface area contributed by atoms with E-state index < -0.39 is 11.6 Å². The van der Waals surface area contributed by atoms with Crippen LogP contribution in [0.3, 0.4) is 0 Å². The fraction of sp³-hybridized carbons (Fsp3) is 0.455. The Morgan fingerprint density at radius 1 is 1.27 bits per heavy atom. The summed E-state index contributed by atoms with van der Waals surface area (Å²) in [4.78, 5) is 0. The second-order valence-corrected chi connectivity index (χ2v) is 3.77. The average molecular weight is 213 g/mol. The summed E-state index contributed by atoms with van der Waals surface area (Å²) in [6.07, 6.45) is 1.46. The number of hydrogen-bond donors (Lipinski definition) is 1. The van der Waals surface area contributed by atoms with Crippen molar-refractivity contribution in [3.8, 4) is 0 Å². The Morgan fingerprint density at radius 2 is 2.07 bits per heavy atom.